The zero-order valence-corrected chi connectivity index (χ0v) is 12.8. The van der Waals surface area contributed by atoms with E-state index in [0.717, 1.165) is 6.42 Å². The van der Waals surface area contributed by atoms with Crippen molar-refractivity contribution in [2.24, 2.45) is 17.3 Å². The monoisotopic (exact) mass is 277 g/mol. The van der Waals surface area contributed by atoms with Crippen molar-refractivity contribution in [2.75, 3.05) is 12.3 Å². The molecule has 1 saturated carbocycles. The first-order chi connectivity index (χ1) is 8.14. The Balaban J connectivity index is 2.41. The van der Waals surface area contributed by atoms with Crippen LogP contribution in [0, 0.1) is 17.3 Å². The molecule has 0 aromatic carbocycles. The number of sulfonamides is 1. The van der Waals surface area contributed by atoms with Gasteiger partial charge in [-0.1, -0.05) is 40.5 Å². The highest BCUT2D eigenvalue weighted by Gasteiger charge is 2.32. The van der Waals surface area contributed by atoms with Crippen molar-refractivity contribution in [3.05, 3.63) is 0 Å². The van der Waals surface area contributed by atoms with Gasteiger partial charge in [0.15, 0.2) is 0 Å². The Hall–Kier alpha value is -0.130. The molecule has 5 heteroatoms. The molecule has 0 aliphatic heterocycles. The maximum atomic E-state index is 11.8. The quantitative estimate of drug-likeness (QED) is 0.710. The summed E-state index contributed by atoms with van der Waals surface area (Å²) in [6.07, 6.45) is 2.60. The van der Waals surface area contributed by atoms with Crippen LogP contribution in [0.25, 0.3) is 0 Å². The van der Waals surface area contributed by atoms with Crippen molar-refractivity contribution in [1.29, 1.82) is 0 Å². The van der Waals surface area contributed by atoms with Gasteiger partial charge in [-0.25, -0.2) is 13.1 Å². The fourth-order valence-corrected chi connectivity index (χ4v) is 3.48. The normalized spacial score (nSPS) is 19.2. The molecule has 4 nitrogen and oxygen atoms in total. The van der Waals surface area contributed by atoms with Crippen LogP contribution in [0.2, 0.25) is 0 Å². The molecule has 0 amide bonds. The van der Waals surface area contributed by atoms with Crippen LogP contribution in [0.15, 0.2) is 0 Å². The molecular formula is C13H27NO3S. The van der Waals surface area contributed by atoms with Gasteiger partial charge in [-0.3, -0.25) is 0 Å². The predicted molar refractivity (Wildman–Crippen MR) is 73.8 cm³/mol. The van der Waals surface area contributed by atoms with Crippen molar-refractivity contribution in [3.8, 4) is 0 Å². The summed E-state index contributed by atoms with van der Waals surface area (Å²) in [5.74, 6) is 0.956. The topological polar surface area (TPSA) is 66.4 Å². The van der Waals surface area contributed by atoms with Crippen LogP contribution in [0.4, 0.5) is 0 Å². The third-order valence-corrected chi connectivity index (χ3v) is 5.03. The number of rotatable bonds is 8. The van der Waals surface area contributed by atoms with Crippen LogP contribution in [0.5, 0.6) is 0 Å². The van der Waals surface area contributed by atoms with Crippen molar-refractivity contribution in [3.63, 3.8) is 0 Å². The first kappa shape index (κ1) is 15.9. The third-order valence-electron chi connectivity index (χ3n) is 3.67. The highest BCUT2D eigenvalue weighted by molar-refractivity contribution is 7.89. The molecule has 1 aliphatic rings. The minimum Gasteiger partial charge on any atom is -0.392 e. The second-order valence-corrected chi connectivity index (χ2v) is 8.48. The summed E-state index contributed by atoms with van der Waals surface area (Å²) in [6.45, 7) is 7.95. The summed E-state index contributed by atoms with van der Waals surface area (Å²) in [7, 11) is -3.19. The van der Waals surface area contributed by atoms with Crippen LogP contribution in [-0.4, -0.2) is 31.9 Å². The third kappa shape index (κ3) is 5.24. The number of aliphatic hydroxyl groups is 1. The van der Waals surface area contributed by atoms with Gasteiger partial charge in [-0.05, 0) is 18.3 Å². The summed E-state index contributed by atoms with van der Waals surface area (Å²) in [5, 5.41) is 10.0. The zero-order valence-electron chi connectivity index (χ0n) is 11.9. The van der Waals surface area contributed by atoms with Gasteiger partial charge in [0.25, 0.3) is 0 Å². The lowest BCUT2D eigenvalue weighted by Gasteiger charge is -2.33. The molecule has 1 rings (SSSR count). The first-order valence-corrected chi connectivity index (χ1v) is 8.45. The van der Waals surface area contributed by atoms with E-state index < -0.39 is 21.5 Å². The summed E-state index contributed by atoms with van der Waals surface area (Å²) in [4.78, 5) is 0. The molecule has 0 saturated heterocycles. The van der Waals surface area contributed by atoms with Crippen LogP contribution in [0.1, 0.15) is 47.0 Å². The standard InChI is InChI=1S/C13H27NO3S/c1-10(2)12(15)13(3,4)9-14-18(16,17)8-7-11-5-6-11/h10-12,14-15H,5-9H2,1-4H3. The van der Waals surface area contributed by atoms with Gasteiger partial charge in [-0.15, -0.1) is 0 Å². The average molecular weight is 277 g/mol. The van der Waals surface area contributed by atoms with E-state index in [2.05, 4.69) is 4.72 Å². The van der Waals surface area contributed by atoms with E-state index in [0.29, 0.717) is 12.5 Å². The Labute approximate surface area is 111 Å². The van der Waals surface area contributed by atoms with Crippen molar-refractivity contribution in [2.45, 2.75) is 53.1 Å². The molecular weight excluding hydrogens is 250 g/mol. The lowest BCUT2D eigenvalue weighted by molar-refractivity contribution is 0.0166. The second kappa shape index (κ2) is 5.88. The van der Waals surface area contributed by atoms with Crippen LogP contribution >= 0.6 is 0 Å². The Morgan fingerprint density at radius 3 is 2.33 bits per heavy atom. The highest BCUT2D eigenvalue weighted by atomic mass is 32.2. The SMILES string of the molecule is CC(C)C(O)C(C)(C)CNS(=O)(=O)CCC1CC1. The molecule has 0 aromatic rings. The molecule has 0 radical (unpaired) electrons. The van der Waals surface area contributed by atoms with E-state index in [1.165, 1.54) is 12.8 Å². The lowest BCUT2D eigenvalue weighted by Crippen LogP contribution is -2.44. The van der Waals surface area contributed by atoms with Crippen molar-refractivity contribution < 1.29 is 13.5 Å². The van der Waals surface area contributed by atoms with Gasteiger partial charge in [0, 0.05) is 12.0 Å². The minimum absolute atomic E-state index is 0.121. The molecule has 0 bridgehead atoms. The van der Waals surface area contributed by atoms with E-state index >= 15 is 0 Å². The van der Waals surface area contributed by atoms with Gasteiger partial charge in [0.05, 0.1) is 11.9 Å². The van der Waals surface area contributed by atoms with Crippen LogP contribution < -0.4 is 4.72 Å². The lowest BCUT2D eigenvalue weighted by atomic mass is 9.81. The summed E-state index contributed by atoms with van der Waals surface area (Å²) >= 11 is 0. The van der Waals surface area contributed by atoms with Crippen LogP contribution in [0.3, 0.4) is 0 Å². The van der Waals surface area contributed by atoms with Gasteiger partial charge < -0.3 is 5.11 Å². The molecule has 0 aromatic heterocycles. The Bertz CT molecular complexity index is 358. The fourth-order valence-electron chi connectivity index (χ4n) is 2.10. The number of nitrogens with one attached hydrogen (secondary N) is 1. The number of hydrogen-bond donors (Lipinski definition) is 2. The maximum absolute atomic E-state index is 11.8. The van der Waals surface area contributed by atoms with Crippen molar-refractivity contribution >= 4 is 10.0 Å². The smallest absolute Gasteiger partial charge is 0.211 e. The first-order valence-electron chi connectivity index (χ1n) is 6.79. The maximum Gasteiger partial charge on any atom is 0.211 e. The van der Waals surface area contributed by atoms with E-state index in [9.17, 15) is 13.5 Å². The Morgan fingerprint density at radius 1 is 1.33 bits per heavy atom. The Kier molecular flexibility index (Phi) is 5.21. The molecule has 2 N–H and O–H groups in total. The Morgan fingerprint density at radius 2 is 1.89 bits per heavy atom. The molecule has 1 fully saturated rings. The van der Waals surface area contributed by atoms with Gasteiger partial charge in [-0.2, -0.15) is 0 Å². The average Bonchev–Trinajstić information content (AvgIpc) is 3.07. The van der Waals surface area contributed by atoms with Gasteiger partial charge in [0.1, 0.15) is 0 Å². The number of aliphatic hydroxyl groups excluding tert-OH is 1. The molecule has 108 valence electrons. The molecule has 0 spiro atoms. The van der Waals surface area contributed by atoms with E-state index in [-0.39, 0.29) is 11.7 Å². The van der Waals surface area contributed by atoms with Crippen LogP contribution in [-0.2, 0) is 10.0 Å². The summed E-state index contributed by atoms with van der Waals surface area (Å²) in [5.41, 5.74) is -0.444. The predicted octanol–water partition coefficient (Wildman–Crippen LogP) is 1.75. The molecule has 1 unspecified atom stereocenters. The molecule has 18 heavy (non-hydrogen) atoms. The molecule has 1 atom stereocenters. The van der Waals surface area contributed by atoms with E-state index in [1.807, 2.05) is 27.7 Å². The highest BCUT2D eigenvalue weighted by Crippen LogP contribution is 2.32. The van der Waals surface area contributed by atoms with Gasteiger partial charge in [0.2, 0.25) is 10.0 Å². The van der Waals surface area contributed by atoms with E-state index in [4.69, 9.17) is 0 Å². The van der Waals surface area contributed by atoms with Gasteiger partial charge >= 0.3 is 0 Å². The summed E-state index contributed by atoms with van der Waals surface area (Å²) in [6, 6.07) is 0. The second-order valence-electron chi connectivity index (χ2n) is 6.55. The summed E-state index contributed by atoms with van der Waals surface area (Å²) < 4.78 is 26.2. The minimum atomic E-state index is -3.19. The molecule has 0 heterocycles. The number of hydrogen-bond acceptors (Lipinski definition) is 3. The fraction of sp³-hybridized carbons (Fsp3) is 1.00. The zero-order chi connectivity index (χ0) is 14.0. The van der Waals surface area contributed by atoms with E-state index in [1.54, 1.807) is 0 Å². The molecule has 1 aliphatic carbocycles. The largest absolute Gasteiger partial charge is 0.392 e. The van der Waals surface area contributed by atoms with Crippen molar-refractivity contribution in [1.82, 2.24) is 4.72 Å².